The third-order valence-electron chi connectivity index (χ3n) is 7.00. The number of carbonyl (C=O) groups excluding carboxylic acids is 1. The molecule has 0 aliphatic heterocycles. The third-order valence-corrected chi connectivity index (χ3v) is 7.00. The first-order valence-electron chi connectivity index (χ1n) is 13.4. The first kappa shape index (κ1) is 28.7. The van der Waals surface area contributed by atoms with E-state index in [1.54, 1.807) is 54.5 Å². The standard InChI is InChI=1S/C31H29F3N6O2/c1-21-9-11-25(12-10-21)40-29(37-27-8-4-3-7-26(27)30(40)42)22(2)39(18-23-6-5-14-35-17-23)28(41)16-24-19-38(20-36-24)15-13-31(32,33)34/h3-12,14,17,19-20,22H,13,15-16,18H2,1-2H3. The number of pyridine rings is 1. The van der Waals surface area contributed by atoms with Crippen LogP contribution >= 0.6 is 0 Å². The molecule has 0 spiro atoms. The smallest absolute Gasteiger partial charge is 0.337 e. The van der Waals surface area contributed by atoms with Crippen LogP contribution < -0.4 is 5.56 Å². The van der Waals surface area contributed by atoms with Crippen LogP contribution in [0.2, 0.25) is 0 Å². The Kier molecular flexibility index (Phi) is 8.19. The van der Waals surface area contributed by atoms with Crippen molar-refractivity contribution in [1.29, 1.82) is 0 Å². The van der Waals surface area contributed by atoms with Gasteiger partial charge in [-0.3, -0.25) is 19.1 Å². The Morgan fingerprint density at radius 1 is 1.05 bits per heavy atom. The Balaban J connectivity index is 1.54. The van der Waals surface area contributed by atoms with E-state index < -0.39 is 18.6 Å². The van der Waals surface area contributed by atoms with Gasteiger partial charge in [-0.1, -0.05) is 35.9 Å². The number of para-hydroxylation sites is 1. The molecule has 0 fully saturated rings. The molecule has 3 heterocycles. The molecule has 42 heavy (non-hydrogen) atoms. The highest BCUT2D eigenvalue weighted by molar-refractivity contribution is 5.80. The summed E-state index contributed by atoms with van der Waals surface area (Å²) in [5, 5.41) is 0.448. The van der Waals surface area contributed by atoms with Gasteiger partial charge in [-0.15, -0.1) is 0 Å². The minimum absolute atomic E-state index is 0.147. The fraction of sp³-hybridized carbons (Fsp3) is 0.258. The van der Waals surface area contributed by atoms with Crippen LogP contribution in [0.4, 0.5) is 13.2 Å². The number of halogens is 3. The highest BCUT2D eigenvalue weighted by Gasteiger charge is 2.29. The van der Waals surface area contributed by atoms with Gasteiger partial charge in [-0.2, -0.15) is 13.2 Å². The predicted octanol–water partition coefficient (Wildman–Crippen LogP) is 5.57. The van der Waals surface area contributed by atoms with Crippen molar-refractivity contribution < 1.29 is 18.0 Å². The molecular weight excluding hydrogens is 545 g/mol. The van der Waals surface area contributed by atoms with Gasteiger partial charge >= 0.3 is 6.18 Å². The second-order valence-electron chi connectivity index (χ2n) is 10.2. The minimum atomic E-state index is -4.30. The van der Waals surface area contributed by atoms with E-state index >= 15 is 0 Å². The van der Waals surface area contributed by atoms with Crippen LogP contribution in [0.5, 0.6) is 0 Å². The van der Waals surface area contributed by atoms with Crippen LogP contribution in [0.1, 0.15) is 42.0 Å². The number of aromatic nitrogens is 5. The lowest BCUT2D eigenvalue weighted by atomic mass is 10.1. The van der Waals surface area contributed by atoms with Gasteiger partial charge in [0.15, 0.2) is 0 Å². The van der Waals surface area contributed by atoms with Crippen LogP contribution in [0.15, 0.2) is 90.4 Å². The lowest BCUT2D eigenvalue weighted by Gasteiger charge is -2.30. The lowest BCUT2D eigenvalue weighted by molar-refractivity contribution is -0.137. The summed E-state index contributed by atoms with van der Waals surface area (Å²) >= 11 is 0. The normalized spacial score (nSPS) is 12.4. The highest BCUT2D eigenvalue weighted by Crippen LogP contribution is 2.26. The maximum absolute atomic E-state index is 13.9. The second-order valence-corrected chi connectivity index (χ2v) is 10.2. The molecule has 1 atom stereocenters. The Morgan fingerprint density at radius 2 is 1.81 bits per heavy atom. The van der Waals surface area contributed by atoms with Crippen LogP contribution in [-0.4, -0.2) is 41.1 Å². The number of imidazole rings is 1. The Hall–Kier alpha value is -4.80. The molecule has 1 unspecified atom stereocenters. The topological polar surface area (TPSA) is 85.9 Å². The van der Waals surface area contributed by atoms with Crippen molar-refractivity contribution in [3.63, 3.8) is 0 Å². The number of nitrogens with zero attached hydrogens (tertiary/aromatic N) is 6. The molecule has 216 valence electrons. The van der Waals surface area contributed by atoms with Gasteiger partial charge in [-0.05, 0) is 49.7 Å². The van der Waals surface area contributed by atoms with Gasteiger partial charge in [0, 0.05) is 31.7 Å². The van der Waals surface area contributed by atoms with E-state index in [9.17, 15) is 22.8 Å². The SMILES string of the molecule is Cc1ccc(-n2c(C(C)N(Cc3cccnc3)C(=O)Cc3cn(CCC(F)(F)F)cn3)nc3ccccc3c2=O)cc1. The zero-order valence-corrected chi connectivity index (χ0v) is 23.1. The van der Waals surface area contributed by atoms with Crippen LogP contribution in [0.25, 0.3) is 16.6 Å². The van der Waals surface area contributed by atoms with E-state index in [0.717, 1.165) is 11.1 Å². The van der Waals surface area contributed by atoms with Crippen molar-refractivity contribution in [3.05, 3.63) is 119 Å². The molecule has 1 amide bonds. The first-order valence-corrected chi connectivity index (χ1v) is 13.4. The number of benzene rings is 2. The number of fused-ring (bicyclic) bond motifs is 1. The van der Waals surface area contributed by atoms with Gasteiger partial charge in [0.2, 0.25) is 5.91 Å². The number of aryl methyl sites for hydroxylation is 2. The average Bonchev–Trinajstić information content (AvgIpc) is 3.42. The van der Waals surface area contributed by atoms with Gasteiger partial charge < -0.3 is 9.47 Å². The predicted molar refractivity (Wildman–Crippen MR) is 152 cm³/mol. The molecule has 0 bridgehead atoms. The van der Waals surface area contributed by atoms with Crippen molar-refractivity contribution >= 4 is 16.8 Å². The van der Waals surface area contributed by atoms with Crippen molar-refractivity contribution in [2.75, 3.05) is 0 Å². The van der Waals surface area contributed by atoms with E-state index in [-0.39, 0.29) is 31.0 Å². The molecule has 0 saturated heterocycles. The fourth-order valence-electron chi connectivity index (χ4n) is 4.77. The fourth-order valence-corrected chi connectivity index (χ4v) is 4.77. The monoisotopic (exact) mass is 574 g/mol. The molecule has 0 aliphatic carbocycles. The summed E-state index contributed by atoms with van der Waals surface area (Å²) in [6.07, 6.45) is 0.593. The molecule has 3 aromatic heterocycles. The summed E-state index contributed by atoms with van der Waals surface area (Å²) in [7, 11) is 0. The summed E-state index contributed by atoms with van der Waals surface area (Å²) < 4.78 is 40.9. The minimum Gasteiger partial charge on any atom is -0.337 e. The second kappa shape index (κ2) is 12.0. The zero-order chi connectivity index (χ0) is 29.9. The molecule has 0 N–H and O–H groups in total. The Bertz CT molecular complexity index is 1750. The van der Waals surface area contributed by atoms with E-state index in [1.807, 2.05) is 37.3 Å². The van der Waals surface area contributed by atoms with Crippen molar-refractivity contribution in [2.24, 2.45) is 0 Å². The van der Waals surface area contributed by atoms with E-state index in [1.165, 1.54) is 21.7 Å². The summed E-state index contributed by atoms with van der Waals surface area (Å²) in [5.41, 5.74) is 2.99. The Morgan fingerprint density at radius 3 is 2.52 bits per heavy atom. The highest BCUT2D eigenvalue weighted by atomic mass is 19.4. The molecule has 2 aromatic carbocycles. The van der Waals surface area contributed by atoms with Gasteiger partial charge in [0.05, 0.1) is 47.5 Å². The largest absolute Gasteiger partial charge is 0.390 e. The van der Waals surface area contributed by atoms with Gasteiger partial charge in [-0.25, -0.2) is 9.97 Å². The molecule has 5 aromatic rings. The Labute approximate surface area is 240 Å². The molecule has 5 rings (SSSR count). The maximum Gasteiger partial charge on any atom is 0.390 e. The molecule has 8 nitrogen and oxygen atoms in total. The van der Waals surface area contributed by atoms with E-state index in [4.69, 9.17) is 4.98 Å². The van der Waals surface area contributed by atoms with Crippen molar-refractivity contribution in [1.82, 2.24) is 29.0 Å². The van der Waals surface area contributed by atoms with E-state index in [2.05, 4.69) is 9.97 Å². The van der Waals surface area contributed by atoms with Crippen LogP contribution in [-0.2, 0) is 24.3 Å². The van der Waals surface area contributed by atoms with Crippen LogP contribution in [0.3, 0.4) is 0 Å². The number of hydrogen-bond acceptors (Lipinski definition) is 5. The quantitative estimate of drug-likeness (QED) is 0.230. The number of amides is 1. The molecule has 11 heteroatoms. The summed E-state index contributed by atoms with van der Waals surface area (Å²) in [4.78, 5) is 42.5. The van der Waals surface area contributed by atoms with Gasteiger partial charge in [0.25, 0.3) is 5.56 Å². The summed E-state index contributed by atoms with van der Waals surface area (Å²) in [6, 6.07) is 17.5. The number of hydrogen-bond donors (Lipinski definition) is 0. The lowest BCUT2D eigenvalue weighted by Crippen LogP contribution is -2.38. The van der Waals surface area contributed by atoms with Crippen molar-refractivity contribution in [3.8, 4) is 5.69 Å². The third kappa shape index (κ3) is 6.56. The summed E-state index contributed by atoms with van der Waals surface area (Å²) in [5.74, 6) is 0.0424. The number of carbonyl (C=O) groups is 1. The van der Waals surface area contributed by atoms with Crippen molar-refractivity contribution in [2.45, 2.75) is 52.0 Å². The first-order chi connectivity index (χ1) is 20.1. The van der Waals surface area contributed by atoms with Gasteiger partial charge in [0.1, 0.15) is 5.82 Å². The molecule has 0 aliphatic rings. The maximum atomic E-state index is 13.9. The van der Waals surface area contributed by atoms with Crippen LogP contribution in [0, 0.1) is 6.92 Å². The zero-order valence-electron chi connectivity index (χ0n) is 23.1. The van der Waals surface area contributed by atoms with E-state index in [0.29, 0.717) is 28.1 Å². The molecular formula is C31H29F3N6O2. The number of alkyl halides is 3. The summed E-state index contributed by atoms with van der Waals surface area (Å²) in [6.45, 7) is 3.63. The molecule has 0 saturated carbocycles. The molecule has 0 radical (unpaired) electrons. The number of rotatable bonds is 9. The average molecular weight is 575 g/mol.